The number of rotatable bonds is 6. The maximum atomic E-state index is 13.0. The van der Waals surface area contributed by atoms with Crippen molar-refractivity contribution in [1.82, 2.24) is 5.01 Å². The number of hydrogen-bond acceptors (Lipinski definition) is 7. The fourth-order valence-electron chi connectivity index (χ4n) is 3.58. The van der Waals surface area contributed by atoms with Gasteiger partial charge < -0.3 is 10.1 Å². The van der Waals surface area contributed by atoms with Crippen LogP contribution >= 0.6 is 11.6 Å². The lowest BCUT2D eigenvalue weighted by Crippen LogP contribution is -2.43. The summed E-state index contributed by atoms with van der Waals surface area (Å²) in [7, 11) is 1.50. The zero-order chi connectivity index (χ0) is 22.1. The Bertz CT molecular complexity index is 1070. The van der Waals surface area contributed by atoms with Gasteiger partial charge in [-0.2, -0.15) is 5.11 Å². The van der Waals surface area contributed by atoms with Crippen molar-refractivity contribution >= 4 is 40.7 Å². The number of hydrogen-bond donors (Lipinski definition) is 1. The first-order chi connectivity index (χ1) is 14.9. The molecule has 31 heavy (non-hydrogen) atoms. The van der Waals surface area contributed by atoms with E-state index in [1.807, 2.05) is 19.1 Å². The molecule has 4 rings (SSSR count). The molecule has 10 heteroatoms. The Morgan fingerprint density at radius 1 is 1.16 bits per heavy atom. The van der Waals surface area contributed by atoms with Crippen LogP contribution in [0.1, 0.15) is 12.5 Å². The first-order valence-electron chi connectivity index (χ1n) is 9.70. The van der Waals surface area contributed by atoms with Gasteiger partial charge in [0.1, 0.15) is 12.3 Å². The van der Waals surface area contributed by atoms with Gasteiger partial charge in [-0.05, 0) is 42.3 Å². The van der Waals surface area contributed by atoms with Crippen LogP contribution in [0.15, 0.2) is 52.8 Å². The van der Waals surface area contributed by atoms with E-state index in [-0.39, 0.29) is 6.54 Å². The lowest BCUT2D eigenvalue weighted by atomic mass is 10.1. The number of fused-ring (bicyclic) bond motifs is 1. The highest BCUT2D eigenvalue weighted by Gasteiger charge is 2.55. The van der Waals surface area contributed by atoms with Crippen molar-refractivity contribution in [2.24, 2.45) is 10.3 Å². The molecule has 1 N–H and O–H groups in total. The Hall–Kier alpha value is -3.46. The zero-order valence-electron chi connectivity index (χ0n) is 16.9. The van der Waals surface area contributed by atoms with E-state index in [1.165, 1.54) is 12.1 Å². The van der Waals surface area contributed by atoms with E-state index in [2.05, 4.69) is 15.7 Å². The number of ether oxygens (including phenoxy) is 1. The lowest BCUT2D eigenvalue weighted by molar-refractivity contribution is -0.123. The number of carbonyl (C=O) groups excluding carboxylic acids is 3. The standard InChI is InChI=1S/C21H20ClN5O4/c1-3-12-4-7-14(8-5-12)27-20(29)18-19(21(27)30)26(25-24-18)11-17(28)23-13-6-9-16(31-2)15(22)10-13/h4-10,18-19H,3,11H2,1-2H3,(H,23,28)/t18-,19+/m0/s1. The van der Waals surface area contributed by atoms with Gasteiger partial charge in [0.05, 0.1) is 17.8 Å². The first-order valence-corrected chi connectivity index (χ1v) is 10.1. The van der Waals surface area contributed by atoms with E-state index in [1.54, 1.807) is 30.3 Å². The van der Waals surface area contributed by atoms with Crippen LogP contribution in [0.2, 0.25) is 5.02 Å². The lowest BCUT2D eigenvalue weighted by Gasteiger charge is -2.20. The average Bonchev–Trinajstić information content (AvgIpc) is 3.28. The van der Waals surface area contributed by atoms with Crippen molar-refractivity contribution < 1.29 is 19.1 Å². The summed E-state index contributed by atoms with van der Waals surface area (Å²) < 4.78 is 5.09. The van der Waals surface area contributed by atoms with Crippen LogP contribution in [-0.2, 0) is 20.8 Å². The van der Waals surface area contributed by atoms with E-state index >= 15 is 0 Å². The van der Waals surface area contributed by atoms with Crippen LogP contribution < -0.4 is 15.0 Å². The number of methoxy groups -OCH3 is 1. The van der Waals surface area contributed by atoms with Gasteiger partial charge >= 0.3 is 0 Å². The summed E-state index contributed by atoms with van der Waals surface area (Å²) in [5.41, 5.74) is 2.05. The number of halogens is 1. The van der Waals surface area contributed by atoms with Crippen LogP contribution in [-0.4, -0.2) is 48.5 Å². The Kier molecular flexibility index (Phi) is 5.60. The van der Waals surface area contributed by atoms with Gasteiger partial charge in [-0.15, -0.1) is 0 Å². The van der Waals surface area contributed by atoms with Gasteiger partial charge in [-0.25, -0.2) is 4.90 Å². The molecule has 2 aromatic rings. The van der Waals surface area contributed by atoms with E-state index in [4.69, 9.17) is 16.3 Å². The second-order valence-corrected chi connectivity index (χ2v) is 7.53. The van der Waals surface area contributed by atoms with Crippen LogP contribution in [0.25, 0.3) is 0 Å². The molecular formula is C21H20ClN5O4. The number of aryl methyl sites for hydroxylation is 1. The monoisotopic (exact) mass is 441 g/mol. The molecular weight excluding hydrogens is 422 g/mol. The third kappa shape index (κ3) is 3.84. The molecule has 1 saturated heterocycles. The van der Waals surface area contributed by atoms with Crippen LogP contribution in [0.4, 0.5) is 11.4 Å². The Morgan fingerprint density at radius 2 is 1.90 bits per heavy atom. The molecule has 0 aromatic heterocycles. The summed E-state index contributed by atoms with van der Waals surface area (Å²) in [6, 6.07) is 10.1. The smallest absolute Gasteiger partial charge is 0.263 e. The van der Waals surface area contributed by atoms with Gasteiger partial charge in [-0.1, -0.05) is 35.9 Å². The minimum Gasteiger partial charge on any atom is -0.495 e. The van der Waals surface area contributed by atoms with Gasteiger partial charge in [0.25, 0.3) is 11.8 Å². The molecule has 0 spiro atoms. The van der Waals surface area contributed by atoms with E-state index in [0.717, 1.165) is 16.9 Å². The molecule has 2 aliphatic heterocycles. The van der Waals surface area contributed by atoms with E-state index < -0.39 is 29.8 Å². The van der Waals surface area contributed by atoms with E-state index in [9.17, 15) is 14.4 Å². The summed E-state index contributed by atoms with van der Waals surface area (Å²) in [6.07, 6.45) is 0.851. The zero-order valence-corrected chi connectivity index (χ0v) is 17.7. The highest BCUT2D eigenvalue weighted by Crippen LogP contribution is 2.32. The quantitative estimate of drug-likeness (QED) is 0.694. The minimum atomic E-state index is -0.957. The molecule has 9 nitrogen and oxygen atoms in total. The molecule has 1 fully saturated rings. The summed E-state index contributed by atoms with van der Waals surface area (Å²) in [5.74, 6) is -0.845. The maximum absolute atomic E-state index is 13.0. The van der Waals surface area contributed by atoms with Crippen molar-refractivity contribution in [3.63, 3.8) is 0 Å². The fourth-order valence-corrected chi connectivity index (χ4v) is 3.84. The predicted molar refractivity (Wildman–Crippen MR) is 114 cm³/mol. The molecule has 2 aromatic carbocycles. The summed E-state index contributed by atoms with van der Waals surface area (Å²) in [5, 5.41) is 12.1. The molecule has 160 valence electrons. The molecule has 0 saturated carbocycles. The molecule has 3 amide bonds. The van der Waals surface area contributed by atoms with Gasteiger partial charge in [0.2, 0.25) is 5.91 Å². The summed E-state index contributed by atoms with van der Waals surface area (Å²) in [6.45, 7) is 1.78. The number of imide groups is 1. The molecule has 2 atom stereocenters. The van der Waals surface area contributed by atoms with Crippen molar-refractivity contribution in [1.29, 1.82) is 0 Å². The maximum Gasteiger partial charge on any atom is 0.263 e. The van der Waals surface area contributed by atoms with Gasteiger partial charge in [-0.3, -0.25) is 19.4 Å². The topological polar surface area (TPSA) is 104 Å². The average molecular weight is 442 g/mol. The Balaban J connectivity index is 1.46. The highest BCUT2D eigenvalue weighted by molar-refractivity contribution is 6.32. The number of nitrogens with zero attached hydrogens (tertiary/aromatic N) is 4. The SMILES string of the molecule is CCc1ccc(N2C(=O)[C@H]3N=NN(CC(=O)Nc4ccc(OC)c(Cl)c4)[C@H]3C2=O)cc1. The number of benzene rings is 2. The molecule has 2 heterocycles. The number of amides is 3. The molecule has 2 aliphatic rings. The summed E-state index contributed by atoms with van der Waals surface area (Å²) >= 11 is 6.08. The number of anilines is 2. The molecule has 0 radical (unpaired) electrons. The molecule has 0 unspecified atom stereocenters. The summed E-state index contributed by atoms with van der Waals surface area (Å²) in [4.78, 5) is 39.4. The second-order valence-electron chi connectivity index (χ2n) is 7.12. The first kappa shape index (κ1) is 20.8. The predicted octanol–water partition coefficient (Wildman–Crippen LogP) is 2.84. The highest BCUT2D eigenvalue weighted by atomic mass is 35.5. The van der Waals surface area contributed by atoms with Gasteiger partial charge in [0.15, 0.2) is 12.1 Å². The van der Waals surface area contributed by atoms with Crippen molar-refractivity contribution in [2.45, 2.75) is 25.4 Å². The van der Waals surface area contributed by atoms with Crippen molar-refractivity contribution in [3.05, 3.63) is 53.1 Å². The Labute approximate surface area is 183 Å². The van der Waals surface area contributed by atoms with Crippen molar-refractivity contribution in [3.8, 4) is 5.75 Å². The van der Waals surface area contributed by atoms with Crippen molar-refractivity contribution in [2.75, 3.05) is 23.9 Å². The largest absolute Gasteiger partial charge is 0.495 e. The Morgan fingerprint density at radius 3 is 2.55 bits per heavy atom. The van der Waals surface area contributed by atoms with Crippen LogP contribution in [0, 0.1) is 0 Å². The van der Waals surface area contributed by atoms with Crippen LogP contribution in [0.3, 0.4) is 0 Å². The minimum absolute atomic E-state index is 0.240. The third-order valence-corrected chi connectivity index (χ3v) is 5.50. The fraction of sp³-hybridized carbons (Fsp3) is 0.286. The molecule has 0 bridgehead atoms. The third-order valence-electron chi connectivity index (χ3n) is 5.20. The normalized spacial score (nSPS) is 19.7. The van der Waals surface area contributed by atoms with Gasteiger partial charge in [0, 0.05) is 5.69 Å². The number of nitrogens with one attached hydrogen (secondary N) is 1. The molecule has 0 aliphatic carbocycles. The second kappa shape index (κ2) is 8.35. The van der Waals surface area contributed by atoms with Crippen LogP contribution in [0.5, 0.6) is 5.75 Å². The van der Waals surface area contributed by atoms with E-state index in [0.29, 0.717) is 22.1 Å². The number of carbonyl (C=O) groups is 3.